The Labute approximate surface area is 78.5 Å². The second-order valence-corrected chi connectivity index (χ2v) is 3.23. The molecule has 0 amide bonds. The Balaban J connectivity index is 2.85. The summed E-state index contributed by atoms with van der Waals surface area (Å²) in [6.07, 6.45) is 1.80. The van der Waals surface area contributed by atoms with E-state index in [-0.39, 0.29) is 6.10 Å². The zero-order chi connectivity index (χ0) is 9.84. The first-order chi connectivity index (χ1) is 6.09. The van der Waals surface area contributed by atoms with E-state index < -0.39 is 0 Å². The van der Waals surface area contributed by atoms with Crippen LogP contribution in [0.2, 0.25) is 0 Å². The number of hydrogen-bond acceptors (Lipinski definition) is 3. The molecule has 0 aliphatic carbocycles. The van der Waals surface area contributed by atoms with Crippen LogP contribution in [0.15, 0.2) is 18.8 Å². The Bertz CT molecular complexity index is 308. The second-order valence-electron chi connectivity index (χ2n) is 3.23. The van der Waals surface area contributed by atoms with Gasteiger partial charge in [0.05, 0.1) is 12.3 Å². The second kappa shape index (κ2) is 4.03. The topological polar surface area (TPSA) is 35.0 Å². The molecule has 0 bridgehead atoms. The third-order valence-electron chi connectivity index (χ3n) is 1.48. The van der Waals surface area contributed by atoms with Crippen molar-refractivity contribution in [1.82, 2.24) is 10.2 Å². The quantitative estimate of drug-likeness (QED) is 0.712. The van der Waals surface area contributed by atoms with E-state index in [1.807, 2.05) is 26.8 Å². The maximum absolute atomic E-state index is 5.39. The molecule has 0 aromatic carbocycles. The summed E-state index contributed by atoms with van der Waals surface area (Å²) in [5.41, 5.74) is 1.93. The number of ether oxygens (including phenoxy) is 1. The summed E-state index contributed by atoms with van der Waals surface area (Å²) in [6.45, 7) is 9.66. The van der Waals surface area contributed by atoms with Crippen LogP contribution >= 0.6 is 0 Å². The minimum atomic E-state index is 0.120. The van der Waals surface area contributed by atoms with Crippen molar-refractivity contribution in [2.45, 2.75) is 26.9 Å². The van der Waals surface area contributed by atoms with E-state index in [9.17, 15) is 0 Å². The minimum absolute atomic E-state index is 0.120. The van der Waals surface area contributed by atoms with Gasteiger partial charge in [0.1, 0.15) is 0 Å². The van der Waals surface area contributed by atoms with Gasteiger partial charge in [-0.1, -0.05) is 6.58 Å². The Morgan fingerprint density at radius 3 is 2.77 bits per heavy atom. The van der Waals surface area contributed by atoms with Crippen LogP contribution in [-0.4, -0.2) is 16.3 Å². The van der Waals surface area contributed by atoms with Crippen LogP contribution in [0.5, 0.6) is 5.88 Å². The molecule has 0 unspecified atom stereocenters. The molecule has 1 rings (SSSR count). The summed E-state index contributed by atoms with van der Waals surface area (Å²) in [5.74, 6) is 0.551. The number of aromatic nitrogens is 2. The third kappa shape index (κ3) is 2.86. The maximum Gasteiger partial charge on any atom is 0.234 e. The van der Waals surface area contributed by atoms with E-state index in [4.69, 9.17) is 4.74 Å². The number of allylic oxidation sites excluding steroid dienone is 1. The van der Waals surface area contributed by atoms with Gasteiger partial charge in [0.2, 0.25) is 5.88 Å². The smallest absolute Gasteiger partial charge is 0.234 e. The zero-order valence-corrected chi connectivity index (χ0v) is 8.24. The molecule has 1 heterocycles. The van der Waals surface area contributed by atoms with Gasteiger partial charge in [0, 0.05) is 11.6 Å². The Hall–Kier alpha value is -1.38. The van der Waals surface area contributed by atoms with Crippen molar-refractivity contribution in [3.05, 3.63) is 24.4 Å². The van der Waals surface area contributed by atoms with E-state index in [0.29, 0.717) is 5.88 Å². The highest BCUT2D eigenvalue weighted by Gasteiger charge is 2.01. The largest absolute Gasteiger partial charge is 0.474 e. The molecule has 13 heavy (non-hydrogen) atoms. The Morgan fingerprint density at radius 1 is 1.54 bits per heavy atom. The van der Waals surface area contributed by atoms with Crippen LogP contribution < -0.4 is 4.74 Å². The van der Waals surface area contributed by atoms with E-state index >= 15 is 0 Å². The van der Waals surface area contributed by atoms with Crippen LogP contribution in [0, 0.1) is 0 Å². The number of rotatable bonds is 3. The molecule has 0 atom stereocenters. The summed E-state index contributed by atoms with van der Waals surface area (Å²) >= 11 is 0. The molecule has 0 N–H and O–H groups in total. The molecule has 0 saturated heterocycles. The lowest BCUT2D eigenvalue weighted by molar-refractivity contribution is 0.230. The summed E-state index contributed by atoms with van der Waals surface area (Å²) in [4.78, 5) is 0. The van der Waals surface area contributed by atoms with Gasteiger partial charge in [-0.25, -0.2) is 0 Å². The van der Waals surface area contributed by atoms with Gasteiger partial charge >= 0.3 is 0 Å². The standard InChI is InChI=1S/C10H14N2O/c1-7(2)9-5-10(12-11-6-9)13-8(3)4/h5-6,8H,1H2,2-4H3. The summed E-state index contributed by atoms with van der Waals surface area (Å²) in [5, 5.41) is 7.67. The molecule has 1 aromatic heterocycles. The zero-order valence-electron chi connectivity index (χ0n) is 8.24. The Morgan fingerprint density at radius 2 is 2.23 bits per heavy atom. The fourth-order valence-corrected chi connectivity index (χ4v) is 0.880. The van der Waals surface area contributed by atoms with Crippen molar-refractivity contribution in [2.24, 2.45) is 0 Å². The molecule has 1 aromatic rings. The van der Waals surface area contributed by atoms with Crippen LogP contribution in [0.4, 0.5) is 0 Å². The van der Waals surface area contributed by atoms with Crippen molar-refractivity contribution < 1.29 is 4.74 Å². The van der Waals surface area contributed by atoms with Crippen molar-refractivity contribution in [2.75, 3.05) is 0 Å². The maximum atomic E-state index is 5.39. The van der Waals surface area contributed by atoms with Crippen LogP contribution in [0.25, 0.3) is 5.57 Å². The highest BCUT2D eigenvalue weighted by molar-refractivity contribution is 5.60. The first-order valence-corrected chi connectivity index (χ1v) is 4.25. The Kier molecular flexibility index (Phi) is 3.01. The van der Waals surface area contributed by atoms with Crippen LogP contribution in [-0.2, 0) is 0 Å². The highest BCUT2D eigenvalue weighted by atomic mass is 16.5. The molecule has 0 radical (unpaired) electrons. The van der Waals surface area contributed by atoms with Crippen molar-refractivity contribution in [3.63, 3.8) is 0 Å². The lowest BCUT2D eigenvalue weighted by atomic mass is 10.2. The molecule has 0 fully saturated rings. The van der Waals surface area contributed by atoms with Crippen molar-refractivity contribution in [3.8, 4) is 5.88 Å². The van der Waals surface area contributed by atoms with E-state index in [1.54, 1.807) is 6.20 Å². The predicted octanol–water partition coefficient (Wildman–Crippen LogP) is 2.30. The van der Waals surface area contributed by atoms with Gasteiger partial charge in [-0.05, 0) is 26.3 Å². The lowest BCUT2D eigenvalue weighted by Crippen LogP contribution is -2.07. The summed E-state index contributed by atoms with van der Waals surface area (Å²) < 4.78 is 5.39. The average molecular weight is 178 g/mol. The molecular weight excluding hydrogens is 164 g/mol. The summed E-state index contributed by atoms with van der Waals surface area (Å²) in [6, 6.07) is 1.84. The number of hydrogen-bond donors (Lipinski definition) is 0. The molecule has 3 nitrogen and oxygen atoms in total. The monoisotopic (exact) mass is 178 g/mol. The van der Waals surface area contributed by atoms with Gasteiger partial charge < -0.3 is 4.74 Å². The van der Waals surface area contributed by atoms with Gasteiger partial charge in [-0.3, -0.25) is 0 Å². The lowest BCUT2D eigenvalue weighted by Gasteiger charge is -2.08. The molecule has 3 heteroatoms. The molecule has 0 aliphatic rings. The first-order valence-electron chi connectivity index (χ1n) is 4.25. The normalized spacial score (nSPS) is 10.2. The van der Waals surface area contributed by atoms with Gasteiger partial charge in [0.25, 0.3) is 0 Å². The van der Waals surface area contributed by atoms with Gasteiger partial charge in [0.15, 0.2) is 0 Å². The van der Waals surface area contributed by atoms with E-state index in [1.165, 1.54) is 0 Å². The number of nitrogens with zero attached hydrogens (tertiary/aromatic N) is 2. The van der Waals surface area contributed by atoms with E-state index in [0.717, 1.165) is 11.1 Å². The van der Waals surface area contributed by atoms with E-state index in [2.05, 4.69) is 16.8 Å². The van der Waals surface area contributed by atoms with Crippen molar-refractivity contribution in [1.29, 1.82) is 0 Å². The molecule has 0 spiro atoms. The summed E-state index contributed by atoms with van der Waals surface area (Å²) in [7, 11) is 0. The average Bonchev–Trinajstić information content (AvgIpc) is 2.03. The van der Waals surface area contributed by atoms with Gasteiger partial charge in [-0.2, -0.15) is 5.10 Å². The fourth-order valence-electron chi connectivity index (χ4n) is 0.880. The molecule has 70 valence electrons. The first kappa shape index (κ1) is 9.71. The van der Waals surface area contributed by atoms with Gasteiger partial charge in [-0.15, -0.1) is 5.10 Å². The third-order valence-corrected chi connectivity index (χ3v) is 1.48. The molecule has 0 aliphatic heterocycles. The fraction of sp³-hybridized carbons (Fsp3) is 0.400. The SMILES string of the molecule is C=C(C)c1cnnc(OC(C)C)c1. The van der Waals surface area contributed by atoms with Crippen LogP contribution in [0.1, 0.15) is 26.3 Å². The minimum Gasteiger partial charge on any atom is -0.474 e. The predicted molar refractivity (Wildman–Crippen MR) is 52.5 cm³/mol. The molecular formula is C10H14N2O. The van der Waals surface area contributed by atoms with Crippen LogP contribution in [0.3, 0.4) is 0 Å². The van der Waals surface area contributed by atoms with Crippen molar-refractivity contribution >= 4 is 5.57 Å². The molecule has 0 saturated carbocycles. The highest BCUT2D eigenvalue weighted by Crippen LogP contribution is 2.15.